The molecule has 0 aliphatic heterocycles. The van der Waals surface area contributed by atoms with Crippen LogP contribution in [0.2, 0.25) is 0 Å². The quantitative estimate of drug-likeness (QED) is 0.0144. The van der Waals surface area contributed by atoms with Crippen molar-refractivity contribution < 1.29 is 78.9 Å². The van der Waals surface area contributed by atoms with Gasteiger partial charge in [-0.15, -0.1) is 45.1 Å². The summed E-state index contributed by atoms with van der Waals surface area (Å²) >= 11 is 9.75. The van der Waals surface area contributed by atoms with Gasteiger partial charge in [-0.2, -0.15) is 0 Å². The number of primary amides is 5. The fourth-order valence-corrected chi connectivity index (χ4v) is 9.06. The van der Waals surface area contributed by atoms with Crippen LogP contribution < -0.4 is 50.8 Å². The molecule has 0 bridgehead atoms. The minimum Gasteiger partial charge on any atom is -0.507 e. The summed E-state index contributed by atoms with van der Waals surface area (Å²) in [5.74, 6) is -6.49. The molecule has 23 N–H and O–H groups in total. The number of thioether (sulfide) groups is 3. The van der Waals surface area contributed by atoms with E-state index < -0.39 is 78.2 Å². The number of amides is 7. The molecule has 2 atom stereocenters. The summed E-state index contributed by atoms with van der Waals surface area (Å²) in [6.45, 7) is -0.689. The summed E-state index contributed by atoms with van der Waals surface area (Å²) in [6, 6.07) is 24.7. The number of phenols is 3. The molecule has 0 aromatic heterocycles. The van der Waals surface area contributed by atoms with Crippen LogP contribution in [0.3, 0.4) is 0 Å². The Kier molecular flexibility index (Phi) is 36.1. The lowest BCUT2D eigenvalue weighted by molar-refractivity contribution is -0.138. The predicted molar refractivity (Wildman–Crippen MR) is 359 cm³/mol. The Morgan fingerprint density at radius 1 is 0.539 bits per heavy atom. The van der Waals surface area contributed by atoms with Crippen LogP contribution in [0.4, 0.5) is 17.1 Å². The smallest absolute Gasteiger partial charge is 0.335 e. The van der Waals surface area contributed by atoms with Crippen LogP contribution in [0.5, 0.6) is 17.2 Å². The van der Waals surface area contributed by atoms with Crippen molar-refractivity contribution in [3.63, 3.8) is 0 Å². The van der Waals surface area contributed by atoms with Crippen molar-refractivity contribution >= 4 is 173 Å². The van der Waals surface area contributed by atoms with Crippen molar-refractivity contribution in [3.8, 4) is 17.2 Å². The van der Waals surface area contributed by atoms with Crippen LogP contribution in [0.15, 0.2) is 134 Å². The highest BCUT2D eigenvalue weighted by molar-refractivity contribution is 14.1. The van der Waals surface area contributed by atoms with Crippen molar-refractivity contribution in [2.45, 2.75) is 45.9 Å². The largest absolute Gasteiger partial charge is 0.507 e. The van der Waals surface area contributed by atoms with Gasteiger partial charge in [0.05, 0.1) is 18.7 Å². The number of nitrogens with two attached hydrogens (primary N) is 7. The van der Waals surface area contributed by atoms with E-state index in [1.165, 1.54) is 59.9 Å². The monoisotopic (exact) mass is 1630 g/mol. The number of carbonyl (C=O) groups is 9. The van der Waals surface area contributed by atoms with E-state index in [1.54, 1.807) is 66.7 Å². The van der Waals surface area contributed by atoms with Crippen molar-refractivity contribution in [3.05, 3.63) is 163 Å². The van der Waals surface area contributed by atoms with E-state index >= 15 is 0 Å². The zero-order valence-electron chi connectivity index (χ0n) is 46.4. The first-order valence-electron chi connectivity index (χ1n) is 24.3. The van der Waals surface area contributed by atoms with Gasteiger partial charge in [0, 0.05) is 63.9 Å². The molecule has 476 valence electrons. The average Bonchev–Trinajstić information content (AvgIpc) is 3.36. The molecule has 89 heavy (non-hydrogen) atoms. The minimum absolute atomic E-state index is 0.0851. The number of phenolic OH excluding ortho intramolecular Hbond substituents is 3. The van der Waals surface area contributed by atoms with E-state index in [9.17, 15) is 58.1 Å². The zero-order valence-corrected chi connectivity index (χ0v) is 55.3. The normalized spacial score (nSPS) is 10.7. The lowest BCUT2D eigenvalue weighted by Crippen LogP contribution is -2.49. The Balaban J connectivity index is 0.000000571. The summed E-state index contributed by atoms with van der Waals surface area (Å²) < 4.78 is 2.10. The van der Waals surface area contributed by atoms with E-state index in [2.05, 4.69) is 21.0 Å². The van der Waals surface area contributed by atoms with Crippen LogP contribution in [-0.4, -0.2) is 132 Å². The van der Waals surface area contributed by atoms with Gasteiger partial charge in [0.1, 0.15) is 41.2 Å². The predicted octanol–water partition coefficient (Wildman–Crippen LogP) is 5.26. The molecule has 0 fully saturated rings. The number of aromatic carboxylic acids is 1. The van der Waals surface area contributed by atoms with Gasteiger partial charge in [0.25, 0.3) is 0 Å². The third kappa shape index (κ3) is 29.3. The second-order valence-electron chi connectivity index (χ2n) is 17.0. The molecule has 0 spiro atoms. The lowest BCUT2D eigenvalue weighted by Gasteiger charge is -2.19. The summed E-state index contributed by atoms with van der Waals surface area (Å²) in [7, 11) is 0. The van der Waals surface area contributed by atoms with E-state index in [1.807, 2.05) is 80.3 Å². The Morgan fingerprint density at radius 2 is 0.933 bits per heavy atom. The van der Waals surface area contributed by atoms with E-state index in [-0.39, 0.29) is 57.7 Å². The van der Waals surface area contributed by atoms with Gasteiger partial charge in [-0.3, -0.25) is 38.4 Å². The number of halogens is 3. The Labute approximate surface area is 559 Å². The number of rotatable bonds is 21. The standard InChI is InChI=1S/C17H22N4O9S.C8H10N2OS.C8H9NO2S.C7H5IN2O2.2C7H6INO2/c18-9(17(28)29)2-4-13(22)20-11(15(25)19-6-14(23)24)7-31-12-3-1-8(16(26)27)5-10(12)21-30;1-12-7-3-2-5(8(10)11)4-6(7)9;1-12-7-3-2-5(8(9)11)4-6(7)10;8-5-2-1-4(7(9)11)3-6(5)10-12;2*8-5-2-1-4(7(9)11)3-6(5)10/h1,3,5,9,11,17,28-29H,2,4,6-7,18H2,(H,19,25)(H,20,22)(H,23,24)(H,26,27);2-4H,9H2,1H3,(H2,10,11);2-4,10H,1H3,(H2,9,11);1-3H,(H2,9,11);2*1-3,10H,(H2,9,11). The number of nitrogens with zero attached hydrogens (tertiary/aromatic N) is 2. The van der Waals surface area contributed by atoms with Gasteiger partial charge in [0.15, 0.2) is 6.29 Å². The number of carboxylic acid groups (broad SMARTS) is 2. The van der Waals surface area contributed by atoms with Crippen LogP contribution in [-0.2, 0) is 14.4 Å². The highest BCUT2D eigenvalue weighted by atomic mass is 127. The number of hydrogen-bond donors (Lipinski definition) is 16. The second kappa shape index (κ2) is 40.6. The molecule has 6 aromatic rings. The molecule has 6 rings (SSSR count). The molecule has 0 radical (unpaired) electrons. The molecule has 6 aromatic carbocycles. The Hall–Kier alpha value is -7.93. The number of nitroso groups, excluding NO2 is 2. The Morgan fingerprint density at radius 3 is 1.33 bits per heavy atom. The number of carboxylic acids is 2. The number of benzene rings is 6. The topological polar surface area (TPSA) is 560 Å². The molecule has 7 amide bonds. The fourth-order valence-electron chi connectivity index (χ4n) is 6.00. The van der Waals surface area contributed by atoms with Gasteiger partial charge < -0.3 is 86.5 Å². The molecule has 0 saturated carbocycles. The first-order valence-corrected chi connectivity index (χ1v) is 31.0. The summed E-state index contributed by atoms with van der Waals surface area (Å²) in [5.41, 5.74) is 38.3. The lowest BCUT2D eigenvalue weighted by atomic mass is 10.1. The van der Waals surface area contributed by atoms with Crippen LogP contribution in [0, 0.1) is 20.5 Å². The maximum Gasteiger partial charge on any atom is 0.335 e. The number of anilines is 1. The molecule has 0 aliphatic carbocycles. The number of nitrogens with one attached hydrogen (secondary N) is 2. The summed E-state index contributed by atoms with van der Waals surface area (Å²) in [5, 5.41) is 73.2. The first kappa shape index (κ1) is 79.1. The zero-order chi connectivity index (χ0) is 67.8. The van der Waals surface area contributed by atoms with E-state index in [0.717, 1.165) is 27.6 Å². The maximum atomic E-state index is 12.3. The molecule has 0 heterocycles. The molecule has 0 aliphatic rings. The van der Waals surface area contributed by atoms with Crippen LogP contribution in [0.25, 0.3) is 0 Å². The van der Waals surface area contributed by atoms with Crippen LogP contribution >= 0.6 is 103 Å². The van der Waals surface area contributed by atoms with Crippen molar-refractivity contribution in [2.75, 3.05) is 30.5 Å². The third-order valence-corrected chi connectivity index (χ3v) is 16.1. The molecular formula is C54H58I3N11O18S3. The van der Waals surface area contributed by atoms with E-state index in [4.69, 9.17) is 70.8 Å². The number of nitrogen functional groups attached to an aromatic ring is 1. The van der Waals surface area contributed by atoms with Gasteiger partial charge in [0.2, 0.25) is 41.4 Å². The number of hydrogen-bond acceptors (Lipinski definition) is 23. The number of aromatic hydroxyl groups is 3. The highest BCUT2D eigenvalue weighted by Gasteiger charge is 2.24. The molecule has 35 heteroatoms. The second-order valence-corrected chi connectivity index (χ2v) is 23.2. The number of aliphatic hydroxyl groups excluding tert-OH is 1. The molecule has 2 unspecified atom stereocenters. The summed E-state index contributed by atoms with van der Waals surface area (Å²) in [4.78, 5) is 122. The van der Waals surface area contributed by atoms with Crippen molar-refractivity contribution in [1.29, 1.82) is 0 Å². The van der Waals surface area contributed by atoms with Crippen LogP contribution in [0.1, 0.15) is 75.0 Å². The Bertz CT molecular complexity index is 3410. The van der Waals surface area contributed by atoms with Gasteiger partial charge in [-0.05, 0) is 206 Å². The number of carbonyl (C=O) groups excluding carboxylic acids is 7. The molecule has 0 saturated heterocycles. The third-order valence-electron chi connectivity index (χ3n) is 10.6. The SMILES string of the molecule is CSc1ccc(C(N)=O)cc1N.CSc1ccc(C(N)=O)cc1O.NC(=O)c1ccc(I)c(N=O)c1.NC(=O)c1ccc(I)c(O)c1.NC(=O)c1ccc(I)c(O)c1.NC(CCC(=O)NC(CSc1ccc(C(=O)O)cc1N=O)C(=O)NCC(=O)O)C(O)O. The van der Waals surface area contributed by atoms with E-state index in [0.29, 0.717) is 44.2 Å². The highest BCUT2D eigenvalue weighted by Crippen LogP contribution is 2.32. The first-order chi connectivity index (χ1) is 41.7. The maximum absolute atomic E-state index is 12.3. The van der Waals surface area contributed by atoms with Crippen molar-refractivity contribution in [2.24, 2.45) is 44.8 Å². The molecular weight excluding hydrogens is 1570 g/mol. The number of aliphatic hydroxyl groups is 2. The average molecular weight is 1630 g/mol. The van der Waals surface area contributed by atoms with Gasteiger partial charge >= 0.3 is 11.9 Å². The molecule has 29 nitrogen and oxygen atoms in total. The minimum atomic E-state index is -1.82. The number of aliphatic carboxylic acids is 1. The summed E-state index contributed by atoms with van der Waals surface area (Å²) in [6.07, 6.45) is 1.63. The van der Waals surface area contributed by atoms with Crippen molar-refractivity contribution in [1.82, 2.24) is 10.6 Å². The van der Waals surface area contributed by atoms with Gasteiger partial charge in [-0.1, -0.05) is 0 Å². The fraction of sp³-hybridized carbons (Fsp3) is 0.167. The van der Waals surface area contributed by atoms with Gasteiger partial charge in [-0.25, -0.2) is 4.79 Å².